The zero-order chi connectivity index (χ0) is 13.1. The summed E-state index contributed by atoms with van der Waals surface area (Å²) in [7, 11) is 0. The summed E-state index contributed by atoms with van der Waals surface area (Å²) in [6.07, 6.45) is 1.23. The van der Waals surface area contributed by atoms with Gasteiger partial charge in [-0.25, -0.2) is 12.1 Å². The summed E-state index contributed by atoms with van der Waals surface area (Å²) >= 11 is 1.54. The van der Waals surface area contributed by atoms with Gasteiger partial charge in [-0.05, 0) is 0 Å². The van der Waals surface area contributed by atoms with Crippen LogP contribution in [0.25, 0.3) is 10.8 Å². The van der Waals surface area contributed by atoms with Gasteiger partial charge in [0, 0.05) is 0 Å². The van der Waals surface area contributed by atoms with Crippen LogP contribution in [0.1, 0.15) is 13.3 Å². The summed E-state index contributed by atoms with van der Waals surface area (Å²) in [5, 5.41) is 2.66. The molecule has 1 heteroatoms. The van der Waals surface area contributed by atoms with E-state index in [0.717, 1.165) is 0 Å². The number of hydrogen-bond acceptors (Lipinski definition) is 0. The summed E-state index contributed by atoms with van der Waals surface area (Å²) < 4.78 is 2.22. The fraction of sp³-hybridized carbons (Fsp3) is 0.118. The Morgan fingerprint density at radius 1 is 1.00 bits per heavy atom. The van der Waals surface area contributed by atoms with Crippen LogP contribution in [0.3, 0.4) is 0 Å². The first kappa shape index (κ1) is 15.0. The largest absolute Gasteiger partial charge is 0.214 e. The Bertz CT molecular complexity index is 470. The van der Waals surface area contributed by atoms with Crippen molar-refractivity contribution in [1.82, 2.24) is 0 Å². The molecule has 0 heterocycles. The minimum atomic E-state index is 1.23. The smallest absolute Gasteiger partial charge is 0.0809 e. The molecule has 0 atom stereocenters. The Kier molecular flexibility index (Phi) is 8.26. The van der Waals surface area contributed by atoms with E-state index in [1.807, 2.05) is 30.3 Å². The van der Waals surface area contributed by atoms with Crippen LogP contribution >= 0.6 is 0 Å². The molecule has 0 radical (unpaired) electrons. The fourth-order valence-electron chi connectivity index (χ4n) is 1.39. The minimum Gasteiger partial charge on any atom is -0.214 e. The average Bonchev–Trinajstić information content (AvgIpc) is 3.12. The third-order valence-electron chi connectivity index (χ3n) is 2.31. The minimum absolute atomic E-state index is 1.23. The summed E-state index contributed by atoms with van der Waals surface area (Å²) in [6.45, 7) is 2.15. The van der Waals surface area contributed by atoms with Gasteiger partial charge < -0.3 is 0 Å². The molecular weight excluding hydrogens is 295 g/mol. The molecule has 3 aromatic carbocycles. The van der Waals surface area contributed by atoms with Crippen molar-refractivity contribution in [2.45, 2.75) is 13.3 Å². The van der Waals surface area contributed by atoms with Gasteiger partial charge in [-0.1, -0.05) is 6.07 Å². The zero-order valence-electron chi connectivity index (χ0n) is 10.7. The van der Waals surface area contributed by atoms with E-state index in [-0.39, 0.29) is 0 Å². The third-order valence-corrected chi connectivity index (χ3v) is 3.31. The van der Waals surface area contributed by atoms with Crippen molar-refractivity contribution in [1.29, 1.82) is 0 Å². The molecule has 0 aliphatic rings. The quantitative estimate of drug-likeness (QED) is 0.571. The van der Waals surface area contributed by atoms with Crippen LogP contribution in [0.4, 0.5) is 0 Å². The molecule has 18 heavy (non-hydrogen) atoms. The molecule has 3 rings (SSSR count). The van der Waals surface area contributed by atoms with Crippen LogP contribution in [-0.4, -0.2) is 3.71 Å². The second-order valence-corrected chi connectivity index (χ2v) is 4.73. The van der Waals surface area contributed by atoms with E-state index >= 15 is 0 Å². The molecule has 0 bridgehead atoms. The van der Waals surface area contributed by atoms with E-state index in [0.29, 0.717) is 0 Å². The molecule has 0 aliphatic heterocycles. The van der Waals surface area contributed by atoms with Crippen LogP contribution in [-0.2, 0) is 24.2 Å². The van der Waals surface area contributed by atoms with Crippen molar-refractivity contribution >= 4 is 14.5 Å². The van der Waals surface area contributed by atoms with Crippen molar-refractivity contribution < 1.29 is 24.2 Å². The van der Waals surface area contributed by atoms with Crippen molar-refractivity contribution in [3.8, 4) is 0 Å². The fourth-order valence-corrected chi connectivity index (χ4v) is 1.39. The molecule has 0 fully saturated rings. The van der Waals surface area contributed by atoms with Crippen LogP contribution in [0.15, 0.2) is 72.8 Å². The van der Waals surface area contributed by atoms with Crippen molar-refractivity contribution in [2.75, 3.05) is 0 Å². The Morgan fingerprint density at radius 2 is 1.67 bits per heavy atom. The van der Waals surface area contributed by atoms with Gasteiger partial charge in [0.15, 0.2) is 0 Å². The Balaban J connectivity index is 0.000000154. The van der Waals surface area contributed by atoms with Crippen LogP contribution < -0.4 is 0 Å². The first-order chi connectivity index (χ1) is 8.88. The predicted octanol–water partition coefficient (Wildman–Crippen LogP) is 4.71. The SMILES string of the molecule is CC[CH]=[Zr+2].c1cc[cH-]c1.c1ccc2[cH-]ccc2c1. The molecule has 0 aliphatic carbocycles. The molecule has 0 saturated carbocycles. The van der Waals surface area contributed by atoms with Gasteiger partial charge in [0.05, 0.1) is 0 Å². The van der Waals surface area contributed by atoms with E-state index in [4.69, 9.17) is 0 Å². The van der Waals surface area contributed by atoms with Gasteiger partial charge in [0.25, 0.3) is 0 Å². The molecule has 0 spiro atoms. The monoisotopic (exact) mass is 312 g/mol. The van der Waals surface area contributed by atoms with Crippen LogP contribution in [0.5, 0.6) is 0 Å². The third kappa shape index (κ3) is 6.03. The average molecular weight is 314 g/mol. The first-order valence-electron chi connectivity index (χ1n) is 6.14. The number of hydrogen-bond donors (Lipinski definition) is 0. The maximum absolute atomic E-state index is 2.22. The van der Waals surface area contributed by atoms with Crippen LogP contribution in [0, 0.1) is 0 Å². The zero-order valence-corrected chi connectivity index (χ0v) is 13.2. The van der Waals surface area contributed by atoms with E-state index in [1.54, 1.807) is 24.2 Å². The number of rotatable bonds is 1. The maximum Gasteiger partial charge on any atom is -0.0809 e. The number of fused-ring (bicyclic) bond motifs is 1. The summed E-state index contributed by atoms with van der Waals surface area (Å²) in [5.41, 5.74) is 0. The summed E-state index contributed by atoms with van der Waals surface area (Å²) in [4.78, 5) is 0. The van der Waals surface area contributed by atoms with E-state index in [1.165, 1.54) is 17.2 Å². The predicted molar refractivity (Wildman–Crippen MR) is 77.9 cm³/mol. The standard InChI is InChI=1S/C9H7.C5H5.C3H6.Zr/c1-2-5-9-7-3-6-8(9)4-1;1-2-4-5-3-1;1-3-2;/h1-7H;1-5H;1H,3H2,2H3;/q2*-1;;+2. The second-order valence-electron chi connectivity index (χ2n) is 3.73. The van der Waals surface area contributed by atoms with Gasteiger partial charge in [0.1, 0.15) is 0 Å². The maximum atomic E-state index is 2.22. The molecular formula is C17H18Zr. The van der Waals surface area contributed by atoms with Gasteiger partial charge in [-0.3, -0.25) is 0 Å². The van der Waals surface area contributed by atoms with E-state index in [9.17, 15) is 0 Å². The summed E-state index contributed by atoms with van der Waals surface area (Å²) in [6, 6.07) is 24.7. The Hall–Kier alpha value is -1.07. The van der Waals surface area contributed by atoms with Gasteiger partial charge in [-0.15, -0.1) is 29.7 Å². The Labute approximate surface area is 124 Å². The topological polar surface area (TPSA) is 0 Å². The van der Waals surface area contributed by atoms with Gasteiger partial charge in [-0.2, -0.15) is 35.7 Å². The van der Waals surface area contributed by atoms with Gasteiger partial charge >= 0.3 is 41.3 Å². The molecule has 0 nitrogen and oxygen atoms in total. The first-order valence-corrected chi connectivity index (χ1v) is 7.56. The van der Waals surface area contributed by atoms with E-state index < -0.39 is 0 Å². The molecule has 90 valence electrons. The van der Waals surface area contributed by atoms with Crippen molar-refractivity contribution in [2.24, 2.45) is 0 Å². The molecule has 0 aromatic heterocycles. The normalized spacial score (nSPS) is 8.83. The second kappa shape index (κ2) is 9.91. The van der Waals surface area contributed by atoms with Crippen molar-refractivity contribution in [3.05, 3.63) is 72.8 Å². The Morgan fingerprint density at radius 3 is 2.17 bits per heavy atom. The molecule has 0 N–H and O–H groups in total. The molecule has 0 saturated heterocycles. The number of benzene rings is 1. The summed E-state index contributed by atoms with van der Waals surface area (Å²) in [5.74, 6) is 0. The van der Waals surface area contributed by atoms with Crippen molar-refractivity contribution in [3.63, 3.8) is 0 Å². The molecule has 0 unspecified atom stereocenters. The van der Waals surface area contributed by atoms with Crippen LogP contribution in [0.2, 0.25) is 0 Å². The van der Waals surface area contributed by atoms with E-state index in [2.05, 4.69) is 53.1 Å². The van der Waals surface area contributed by atoms with Gasteiger partial charge in [0.2, 0.25) is 0 Å². The molecule has 0 amide bonds. The molecule has 3 aromatic rings.